The van der Waals surface area contributed by atoms with Crippen LogP contribution in [0.15, 0.2) is 48.5 Å². The minimum atomic E-state index is -4.38. The number of aromatic nitrogens is 3. The molecular formula is C29H39F3N6. The van der Waals surface area contributed by atoms with Gasteiger partial charge in [-0.1, -0.05) is 33.8 Å². The van der Waals surface area contributed by atoms with Gasteiger partial charge in [-0.15, -0.1) is 0 Å². The van der Waals surface area contributed by atoms with Gasteiger partial charge in [0.05, 0.1) is 11.1 Å². The molecule has 0 bridgehead atoms. The summed E-state index contributed by atoms with van der Waals surface area (Å²) < 4.78 is 39.1. The van der Waals surface area contributed by atoms with Crippen LogP contribution in [0, 0.1) is 0 Å². The lowest BCUT2D eigenvalue weighted by molar-refractivity contribution is -0.137. The molecule has 0 radical (unpaired) electrons. The van der Waals surface area contributed by atoms with Crippen LogP contribution in [0.1, 0.15) is 90.9 Å². The van der Waals surface area contributed by atoms with Crippen molar-refractivity contribution in [3.8, 4) is 0 Å². The molecule has 3 rings (SSSR count). The highest BCUT2D eigenvalue weighted by molar-refractivity contribution is 5.62. The van der Waals surface area contributed by atoms with Gasteiger partial charge in [-0.25, -0.2) is 4.98 Å². The molecular weight excluding hydrogens is 489 g/mol. The number of benzene rings is 2. The Balaban J connectivity index is 1.95. The summed E-state index contributed by atoms with van der Waals surface area (Å²) in [6.07, 6.45) is -1.96. The summed E-state index contributed by atoms with van der Waals surface area (Å²) in [6.45, 7) is 14.5. The Bertz CT molecular complexity index is 1210. The van der Waals surface area contributed by atoms with Crippen LogP contribution in [-0.2, 0) is 11.7 Å². The standard InChI is InChI=1S/C29H39F3N6/c1-8-19(4)24-34-25(28(7,10-3)38-21-16-14-20(15-17-21)29(30,31)32)36-26(35-24)33-22-12-11-13-23(18-22)37-27(5,6)9-2/h11-19,37-38H,8-10H2,1-7H3,(H,33,34,35,36). The van der Waals surface area contributed by atoms with Gasteiger partial charge in [-0.2, -0.15) is 23.1 Å². The van der Waals surface area contributed by atoms with E-state index in [1.54, 1.807) is 0 Å². The summed E-state index contributed by atoms with van der Waals surface area (Å²) in [6, 6.07) is 13.0. The van der Waals surface area contributed by atoms with E-state index >= 15 is 0 Å². The number of anilines is 4. The van der Waals surface area contributed by atoms with E-state index in [2.05, 4.69) is 50.6 Å². The first-order valence-electron chi connectivity index (χ1n) is 13.2. The van der Waals surface area contributed by atoms with E-state index in [1.165, 1.54) is 12.1 Å². The monoisotopic (exact) mass is 528 g/mol. The molecule has 3 aromatic rings. The molecule has 0 aliphatic rings. The Morgan fingerprint density at radius 3 is 2.03 bits per heavy atom. The van der Waals surface area contributed by atoms with Gasteiger partial charge in [0.2, 0.25) is 5.95 Å². The van der Waals surface area contributed by atoms with Crippen molar-refractivity contribution in [1.82, 2.24) is 15.0 Å². The number of hydrogen-bond acceptors (Lipinski definition) is 6. The van der Waals surface area contributed by atoms with Gasteiger partial charge in [0.1, 0.15) is 5.82 Å². The number of alkyl halides is 3. The lowest BCUT2D eigenvalue weighted by Crippen LogP contribution is -2.34. The third-order valence-electron chi connectivity index (χ3n) is 7.02. The van der Waals surface area contributed by atoms with Crippen LogP contribution in [-0.4, -0.2) is 20.5 Å². The SMILES string of the molecule is CCC(C)c1nc(Nc2cccc(NC(C)(C)CC)c2)nc(C(C)(CC)Nc2ccc(C(F)(F)F)cc2)n1. The minimum Gasteiger partial charge on any atom is -0.380 e. The predicted octanol–water partition coefficient (Wildman–Crippen LogP) is 8.49. The lowest BCUT2D eigenvalue weighted by atomic mass is 9.96. The number of nitrogens with one attached hydrogen (secondary N) is 3. The van der Waals surface area contributed by atoms with Gasteiger partial charge in [0.15, 0.2) is 5.82 Å². The van der Waals surface area contributed by atoms with Crippen molar-refractivity contribution in [2.75, 3.05) is 16.0 Å². The van der Waals surface area contributed by atoms with Crippen LogP contribution < -0.4 is 16.0 Å². The molecule has 1 heterocycles. The third kappa shape index (κ3) is 7.36. The molecule has 3 N–H and O–H groups in total. The maximum atomic E-state index is 13.0. The molecule has 0 fully saturated rings. The molecule has 0 spiro atoms. The fraction of sp³-hybridized carbons (Fsp3) is 0.483. The van der Waals surface area contributed by atoms with Crippen LogP contribution in [0.25, 0.3) is 0 Å². The van der Waals surface area contributed by atoms with E-state index in [-0.39, 0.29) is 11.5 Å². The zero-order chi connectivity index (χ0) is 28.1. The molecule has 6 nitrogen and oxygen atoms in total. The molecule has 0 aliphatic heterocycles. The average molecular weight is 529 g/mol. The normalized spacial score (nSPS) is 14.5. The third-order valence-corrected chi connectivity index (χ3v) is 7.02. The molecule has 1 aromatic heterocycles. The van der Waals surface area contributed by atoms with Gasteiger partial charge in [0, 0.05) is 28.5 Å². The largest absolute Gasteiger partial charge is 0.416 e. The quantitative estimate of drug-likeness (QED) is 0.232. The van der Waals surface area contributed by atoms with Crippen LogP contribution >= 0.6 is 0 Å². The Kier molecular flexibility index (Phi) is 8.90. The molecule has 2 unspecified atom stereocenters. The van der Waals surface area contributed by atoms with Gasteiger partial charge in [0.25, 0.3) is 0 Å². The first-order chi connectivity index (χ1) is 17.8. The smallest absolute Gasteiger partial charge is 0.380 e. The van der Waals surface area contributed by atoms with Crippen molar-refractivity contribution >= 4 is 23.0 Å². The molecule has 0 amide bonds. The highest BCUT2D eigenvalue weighted by Crippen LogP contribution is 2.33. The molecule has 2 atom stereocenters. The van der Waals surface area contributed by atoms with Gasteiger partial charge in [-0.05, 0) is 82.5 Å². The first-order valence-corrected chi connectivity index (χ1v) is 13.2. The van der Waals surface area contributed by atoms with Crippen molar-refractivity contribution < 1.29 is 13.2 Å². The van der Waals surface area contributed by atoms with E-state index in [4.69, 9.17) is 15.0 Å². The number of nitrogens with zero attached hydrogens (tertiary/aromatic N) is 3. The molecule has 0 saturated heterocycles. The summed E-state index contributed by atoms with van der Waals surface area (Å²) in [5, 5.41) is 10.2. The van der Waals surface area contributed by atoms with E-state index in [9.17, 15) is 13.2 Å². The van der Waals surface area contributed by atoms with Gasteiger partial charge in [-0.3, -0.25) is 0 Å². The topological polar surface area (TPSA) is 74.8 Å². The summed E-state index contributed by atoms with van der Waals surface area (Å²) in [7, 11) is 0. The summed E-state index contributed by atoms with van der Waals surface area (Å²) in [4.78, 5) is 14.3. The van der Waals surface area contributed by atoms with Gasteiger partial charge >= 0.3 is 6.18 Å². The maximum Gasteiger partial charge on any atom is 0.416 e. The molecule has 9 heteroatoms. The molecule has 38 heavy (non-hydrogen) atoms. The average Bonchev–Trinajstić information content (AvgIpc) is 2.87. The first kappa shape index (κ1) is 29.2. The number of hydrogen-bond donors (Lipinski definition) is 3. The van der Waals surface area contributed by atoms with E-state index in [1.807, 2.05) is 38.1 Å². The van der Waals surface area contributed by atoms with E-state index in [0.717, 1.165) is 36.3 Å². The second-order valence-electron chi connectivity index (χ2n) is 10.6. The fourth-order valence-electron chi connectivity index (χ4n) is 3.74. The zero-order valence-corrected chi connectivity index (χ0v) is 23.3. The fourth-order valence-corrected chi connectivity index (χ4v) is 3.74. The highest BCUT2D eigenvalue weighted by Gasteiger charge is 2.32. The van der Waals surface area contributed by atoms with Crippen molar-refractivity contribution in [2.45, 2.75) is 90.9 Å². The number of halogens is 3. The molecule has 0 aliphatic carbocycles. The second-order valence-corrected chi connectivity index (χ2v) is 10.6. The Morgan fingerprint density at radius 2 is 1.45 bits per heavy atom. The number of rotatable bonds is 11. The van der Waals surface area contributed by atoms with Crippen molar-refractivity contribution in [3.63, 3.8) is 0 Å². The Morgan fingerprint density at radius 1 is 0.789 bits per heavy atom. The molecule has 0 saturated carbocycles. The highest BCUT2D eigenvalue weighted by atomic mass is 19.4. The van der Waals surface area contributed by atoms with Crippen LogP contribution in [0.4, 0.5) is 36.2 Å². The molecule has 2 aromatic carbocycles. The zero-order valence-electron chi connectivity index (χ0n) is 23.3. The second kappa shape index (κ2) is 11.6. The lowest BCUT2D eigenvalue weighted by Gasteiger charge is -2.30. The van der Waals surface area contributed by atoms with Crippen molar-refractivity contribution in [3.05, 3.63) is 65.7 Å². The molecule has 206 valence electrons. The Labute approximate surface area is 223 Å². The van der Waals surface area contributed by atoms with E-state index < -0.39 is 17.3 Å². The van der Waals surface area contributed by atoms with E-state index in [0.29, 0.717) is 29.7 Å². The van der Waals surface area contributed by atoms with Crippen molar-refractivity contribution in [2.24, 2.45) is 0 Å². The maximum absolute atomic E-state index is 13.0. The predicted molar refractivity (Wildman–Crippen MR) is 149 cm³/mol. The summed E-state index contributed by atoms with van der Waals surface area (Å²) in [5.41, 5.74) is 0.903. The van der Waals surface area contributed by atoms with Crippen LogP contribution in [0.5, 0.6) is 0 Å². The summed E-state index contributed by atoms with van der Waals surface area (Å²) >= 11 is 0. The summed E-state index contributed by atoms with van der Waals surface area (Å²) in [5.74, 6) is 1.71. The van der Waals surface area contributed by atoms with Crippen LogP contribution in [0.2, 0.25) is 0 Å². The Hall–Kier alpha value is -3.36. The minimum absolute atomic E-state index is 0.0460. The van der Waals surface area contributed by atoms with Crippen molar-refractivity contribution in [1.29, 1.82) is 0 Å². The van der Waals surface area contributed by atoms with Gasteiger partial charge < -0.3 is 16.0 Å². The van der Waals surface area contributed by atoms with Crippen LogP contribution in [0.3, 0.4) is 0 Å².